The van der Waals surface area contributed by atoms with Crippen LogP contribution in [0.25, 0.3) is 0 Å². The number of furan rings is 1. The van der Waals surface area contributed by atoms with E-state index >= 15 is 0 Å². The molecule has 2 aromatic rings. The van der Waals surface area contributed by atoms with Gasteiger partial charge in [-0.05, 0) is 29.8 Å². The van der Waals surface area contributed by atoms with Crippen LogP contribution in [-0.2, 0) is 12.6 Å². The van der Waals surface area contributed by atoms with Crippen molar-refractivity contribution in [3.63, 3.8) is 0 Å². The molecule has 0 unspecified atom stereocenters. The van der Waals surface area contributed by atoms with Crippen LogP contribution in [0.3, 0.4) is 0 Å². The number of benzene rings is 1. The van der Waals surface area contributed by atoms with Crippen molar-refractivity contribution < 1.29 is 22.4 Å². The molecule has 0 saturated carbocycles. The second-order valence-electron chi connectivity index (χ2n) is 3.92. The van der Waals surface area contributed by atoms with Crippen LogP contribution < -0.4 is 0 Å². The number of ketones is 1. The number of Topliss-reactive ketones (excluding diaryl/α,β-unsaturated/α-hetero) is 1. The summed E-state index contributed by atoms with van der Waals surface area (Å²) in [4.78, 5) is 12.0. The van der Waals surface area contributed by atoms with E-state index in [1.807, 2.05) is 0 Å². The zero-order valence-electron chi connectivity index (χ0n) is 9.50. The van der Waals surface area contributed by atoms with Gasteiger partial charge < -0.3 is 4.42 Å². The molecule has 2 nitrogen and oxygen atoms in total. The summed E-state index contributed by atoms with van der Waals surface area (Å²) in [6, 6.07) is 4.61. The maximum atomic E-state index is 12.6. The molecule has 0 saturated heterocycles. The number of halogens is 4. The molecule has 0 N–H and O–H groups in total. The summed E-state index contributed by atoms with van der Waals surface area (Å²) in [5.41, 5.74) is -0.211. The van der Waals surface area contributed by atoms with E-state index in [0.717, 1.165) is 12.1 Å². The Morgan fingerprint density at radius 1 is 1.26 bits per heavy atom. The second kappa shape index (κ2) is 5.21. The van der Waals surface area contributed by atoms with Gasteiger partial charge in [0.2, 0.25) is 0 Å². The van der Waals surface area contributed by atoms with Gasteiger partial charge in [0.15, 0.2) is 5.78 Å². The summed E-state index contributed by atoms with van der Waals surface area (Å²) in [5.74, 6) is -0.403. The summed E-state index contributed by atoms with van der Waals surface area (Å²) in [7, 11) is 0. The van der Waals surface area contributed by atoms with Crippen molar-refractivity contribution in [3.05, 3.63) is 58.0 Å². The predicted molar refractivity (Wildman–Crippen MR) is 65.9 cm³/mol. The lowest BCUT2D eigenvalue weighted by atomic mass is 10.0. The van der Waals surface area contributed by atoms with E-state index in [2.05, 4.69) is 15.9 Å². The Labute approximate surface area is 115 Å². The van der Waals surface area contributed by atoms with E-state index in [1.54, 1.807) is 6.07 Å². The summed E-state index contributed by atoms with van der Waals surface area (Å²) in [5, 5.41) is 0. The molecule has 0 fully saturated rings. The Kier molecular flexibility index (Phi) is 3.80. The Hall–Kier alpha value is -1.56. The fraction of sp³-hybridized carbons (Fsp3) is 0.154. The molecule has 0 aliphatic heterocycles. The molecule has 1 aromatic heterocycles. The van der Waals surface area contributed by atoms with Crippen LogP contribution in [0.1, 0.15) is 21.5 Å². The van der Waals surface area contributed by atoms with Crippen molar-refractivity contribution in [3.8, 4) is 0 Å². The molecule has 0 amide bonds. The number of carbonyl (C=O) groups is 1. The standard InChI is InChI=1S/C13H8BrF3O2/c14-11-2-1-9(13(15,16)17)6-10(11)12(18)5-8-3-4-19-7-8/h1-4,6-7H,5H2. The van der Waals surface area contributed by atoms with E-state index in [9.17, 15) is 18.0 Å². The lowest BCUT2D eigenvalue weighted by Crippen LogP contribution is -2.09. The number of carbonyl (C=O) groups excluding carboxylic acids is 1. The molecule has 0 aliphatic carbocycles. The van der Waals surface area contributed by atoms with Gasteiger partial charge in [-0.1, -0.05) is 15.9 Å². The molecule has 0 spiro atoms. The third-order valence-electron chi connectivity index (χ3n) is 2.54. The van der Waals surface area contributed by atoms with Gasteiger partial charge in [-0.2, -0.15) is 13.2 Å². The monoisotopic (exact) mass is 332 g/mol. The van der Waals surface area contributed by atoms with E-state index in [4.69, 9.17) is 4.42 Å². The first-order valence-electron chi connectivity index (χ1n) is 5.29. The first-order chi connectivity index (χ1) is 8.88. The van der Waals surface area contributed by atoms with Gasteiger partial charge in [0.1, 0.15) is 0 Å². The normalized spacial score (nSPS) is 11.6. The zero-order chi connectivity index (χ0) is 14.0. The summed E-state index contributed by atoms with van der Waals surface area (Å²) in [6.07, 6.45) is -1.68. The number of hydrogen-bond donors (Lipinski definition) is 0. The highest BCUT2D eigenvalue weighted by molar-refractivity contribution is 9.10. The molecule has 6 heteroatoms. The van der Waals surface area contributed by atoms with E-state index < -0.39 is 17.5 Å². The van der Waals surface area contributed by atoms with Crippen LogP contribution >= 0.6 is 15.9 Å². The SMILES string of the molecule is O=C(Cc1ccoc1)c1cc(C(F)(F)F)ccc1Br. The zero-order valence-corrected chi connectivity index (χ0v) is 11.1. The highest BCUT2D eigenvalue weighted by Crippen LogP contribution is 2.32. The van der Waals surface area contributed by atoms with Gasteiger partial charge in [0.05, 0.1) is 18.1 Å². The second-order valence-corrected chi connectivity index (χ2v) is 4.78. The van der Waals surface area contributed by atoms with E-state index in [0.29, 0.717) is 10.0 Å². The number of hydrogen-bond acceptors (Lipinski definition) is 2. The van der Waals surface area contributed by atoms with E-state index in [1.165, 1.54) is 18.6 Å². The van der Waals surface area contributed by atoms with Crippen molar-refractivity contribution >= 4 is 21.7 Å². The third kappa shape index (κ3) is 3.26. The van der Waals surface area contributed by atoms with Gasteiger partial charge in [-0.25, -0.2) is 0 Å². The van der Waals surface area contributed by atoms with Crippen molar-refractivity contribution in [1.82, 2.24) is 0 Å². The largest absolute Gasteiger partial charge is 0.472 e. The smallest absolute Gasteiger partial charge is 0.416 e. The fourth-order valence-corrected chi connectivity index (χ4v) is 2.06. The molecule has 0 bridgehead atoms. The van der Waals surface area contributed by atoms with Crippen LogP contribution in [0.2, 0.25) is 0 Å². The molecule has 1 heterocycles. The van der Waals surface area contributed by atoms with Crippen LogP contribution in [-0.4, -0.2) is 5.78 Å². The van der Waals surface area contributed by atoms with Crippen molar-refractivity contribution in [2.75, 3.05) is 0 Å². The van der Waals surface area contributed by atoms with E-state index in [-0.39, 0.29) is 12.0 Å². The molecular weight excluding hydrogens is 325 g/mol. The summed E-state index contributed by atoms with van der Waals surface area (Å²) >= 11 is 3.09. The highest BCUT2D eigenvalue weighted by atomic mass is 79.9. The molecule has 19 heavy (non-hydrogen) atoms. The van der Waals surface area contributed by atoms with Gasteiger partial charge in [0, 0.05) is 16.5 Å². The average Bonchev–Trinajstić information content (AvgIpc) is 2.80. The lowest BCUT2D eigenvalue weighted by molar-refractivity contribution is -0.137. The first-order valence-corrected chi connectivity index (χ1v) is 6.08. The van der Waals surface area contributed by atoms with Crippen molar-refractivity contribution in [1.29, 1.82) is 0 Å². The molecule has 0 aliphatic rings. The fourth-order valence-electron chi connectivity index (χ4n) is 1.59. The van der Waals surface area contributed by atoms with Gasteiger partial charge in [-0.15, -0.1) is 0 Å². The van der Waals surface area contributed by atoms with Crippen LogP contribution in [0.5, 0.6) is 0 Å². The molecule has 0 atom stereocenters. The van der Waals surface area contributed by atoms with Crippen LogP contribution in [0.4, 0.5) is 13.2 Å². The molecule has 0 radical (unpaired) electrons. The predicted octanol–water partition coefficient (Wildman–Crippen LogP) is 4.49. The minimum Gasteiger partial charge on any atom is -0.472 e. The molecule has 1 aromatic carbocycles. The summed E-state index contributed by atoms with van der Waals surface area (Å²) in [6.45, 7) is 0. The maximum absolute atomic E-state index is 12.6. The van der Waals surface area contributed by atoms with Crippen LogP contribution in [0, 0.1) is 0 Å². The topological polar surface area (TPSA) is 30.2 Å². The maximum Gasteiger partial charge on any atom is 0.416 e. The first kappa shape index (κ1) is 13.9. The molecule has 100 valence electrons. The van der Waals surface area contributed by atoms with Gasteiger partial charge >= 0.3 is 6.18 Å². The Morgan fingerprint density at radius 3 is 2.58 bits per heavy atom. The quantitative estimate of drug-likeness (QED) is 0.775. The Balaban J connectivity index is 2.31. The highest BCUT2D eigenvalue weighted by Gasteiger charge is 2.31. The average molecular weight is 333 g/mol. The minimum absolute atomic E-state index is 0.00356. The number of alkyl halides is 3. The van der Waals surface area contributed by atoms with Crippen molar-refractivity contribution in [2.45, 2.75) is 12.6 Å². The Morgan fingerprint density at radius 2 is 2.00 bits per heavy atom. The van der Waals surface area contributed by atoms with Crippen LogP contribution in [0.15, 0.2) is 45.7 Å². The lowest BCUT2D eigenvalue weighted by Gasteiger charge is -2.09. The Bertz CT molecular complexity index is 588. The summed E-state index contributed by atoms with van der Waals surface area (Å²) < 4.78 is 43.0. The molecular formula is C13H8BrF3O2. The van der Waals surface area contributed by atoms with Gasteiger partial charge in [0.25, 0.3) is 0 Å². The minimum atomic E-state index is -4.47. The third-order valence-corrected chi connectivity index (χ3v) is 3.23. The van der Waals surface area contributed by atoms with Crippen molar-refractivity contribution in [2.24, 2.45) is 0 Å². The van der Waals surface area contributed by atoms with Gasteiger partial charge in [-0.3, -0.25) is 4.79 Å². The molecule has 2 rings (SSSR count). The number of rotatable bonds is 3.